The van der Waals surface area contributed by atoms with E-state index < -0.39 is 6.03 Å². The zero-order chi connectivity index (χ0) is 8.27. The van der Waals surface area contributed by atoms with E-state index in [1.54, 1.807) is 6.07 Å². The molecule has 0 unspecified atom stereocenters. The van der Waals surface area contributed by atoms with Crippen LogP contribution in [0.25, 0.3) is 0 Å². The van der Waals surface area contributed by atoms with Gasteiger partial charge in [-0.15, -0.1) is 0 Å². The van der Waals surface area contributed by atoms with Crippen LogP contribution in [0.1, 0.15) is 6.42 Å². The van der Waals surface area contributed by atoms with Gasteiger partial charge in [-0.05, 0) is 0 Å². The summed E-state index contributed by atoms with van der Waals surface area (Å²) in [5.74, 6) is -0.282. The highest BCUT2D eigenvalue weighted by atomic mass is 16.2. The number of nitrogens with one attached hydrogen (secondary N) is 1. The Morgan fingerprint density at radius 2 is 2.36 bits per heavy atom. The van der Waals surface area contributed by atoms with Crippen molar-refractivity contribution in [1.82, 2.24) is 10.2 Å². The van der Waals surface area contributed by atoms with Gasteiger partial charge in [0.05, 0.1) is 6.07 Å². The van der Waals surface area contributed by atoms with Crippen LogP contribution < -0.4 is 5.32 Å². The predicted octanol–water partition coefficient (Wildman–Crippen LogP) is -0.548. The van der Waals surface area contributed by atoms with E-state index in [2.05, 4.69) is 5.32 Å². The van der Waals surface area contributed by atoms with Gasteiger partial charge in [-0.1, -0.05) is 0 Å². The maximum atomic E-state index is 10.9. The fourth-order valence-corrected chi connectivity index (χ4v) is 0.851. The Morgan fingerprint density at radius 3 is 2.91 bits per heavy atom. The van der Waals surface area contributed by atoms with E-state index in [0.717, 1.165) is 4.90 Å². The molecule has 0 atom stereocenters. The summed E-state index contributed by atoms with van der Waals surface area (Å²) in [5, 5.41) is 10.7. The molecule has 1 fully saturated rings. The van der Waals surface area contributed by atoms with E-state index in [4.69, 9.17) is 5.26 Å². The normalized spacial score (nSPS) is 17.5. The molecule has 1 aliphatic rings. The highest BCUT2D eigenvalue weighted by Crippen LogP contribution is 1.99. The van der Waals surface area contributed by atoms with Crippen molar-refractivity contribution in [3.8, 4) is 6.07 Å². The van der Waals surface area contributed by atoms with Gasteiger partial charge in [0.1, 0.15) is 6.54 Å². The van der Waals surface area contributed by atoms with Gasteiger partial charge in [0, 0.05) is 13.0 Å². The highest BCUT2D eigenvalue weighted by Gasteiger charge is 2.24. The summed E-state index contributed by atoms with van der Waals surface area (Å²) in [6.45, 7) is 0.213. The van der Waals surface area contributed by atoms with Crippen LogP contribution in [0, 0.1) is 11.3 Å². The zero-order valence-electron chi connectivity index (χ0n) is 5.83. The molecule has 3 amide bonds. The van der Waals surface area contributed by atoms with Crippen molar-refractivity contribution in [2.45, 2.75) is 6.42 Å². The first-order valence-electron chi connectivity index (χ1n) is 3.21. The maximum absolute atomic E-state index is 10.9. The molecule has 5 nitrogen and oxygen atoms in total. The second-order valence-corrected chi connectivity index (χ2v) is 2.12. The number of hydrogen-bond acceptors (Lipinski definition) is 3. The van der Waals surface area contributed by atoms with Gasteiger partial charge in [0.25, 0.3) is 0 Å². The average molecular weight is 153 g/mol. The number of imide groups is 1. The summed E-state index contributed by atoms with van der Waals surface area (Å²) in [6.07, 6.45) is 0.285. The lowest BCUT2D eigenvalue weighted by Gasteiger charge is -2.22. The van der Waals surface area contributed by atoms with Crippen molar-refractivity contribution >= 4 is 11.9 Å². The summed E-state index contributed by atoms with van der Waals surface area (Å²) < 4.78 is 0. The zero-order valence-corrected chi connectivity index (χ0v) is 5.83. The number of hydrogen-bond donors (Lipinski definition) is 1. The van der Waals surface area contributed by atoms with Gasteiger partial charge < -0.3 is 5.32 Å². The molecule has 0 saturated carbocycles. The minimum Gasteiger partial charge on any atom is -0.337 e. The molecule has 0 radical (unpaired) electrons. The number of urea groups is 1. The summed E-state index contributed by atoms with van der Waals surface area (Å²) in [6, 6.07) is 1.27. The van der Waals surface area contributed by atoms with Crippen LogP contribution in [0.15, 0.2) is 0 Å². The van der Waals surface area contributed by atoms with Crippen LogP contribution in [-0.4, -0.2) is 29.9 Å². The molecule has 1 aliphatic heterocycles. The standard InChI is InChI=1S/C6H7N3O2/c7-2-4-9-5(10)1-3-8-6(9)11/h1,3-4H2,(H,8,11). The Kier molecular flexibility index (Phi) is 2.06. The predicted molar refractivity (Wildman–Crippen MR) is 35.3 cm³/mol. The largest absolute Gasteiger partial charge is 0.337 e. The third-order valence-corrected chi connectivity index (χ3v) is 1.39. The molecule has 0 aromatic rings. The van der Waals surface area contributed by atoms with E-state index in [0.29, 0.717) is 6.54 Å². The lowest BCUT2D eigenvalue weighted by atomic mass is 10.3. The summed E-state index contributed by atoms with van der Waals surface area (Å²) >= 11 is 0. The van der Waals surface area contributed by atoms with Gasteiger partial charge in [-0.3, -0.25) is 9.69 Å². The summed E-state index contributed by atoms with van der Waals surface area (Å²) in [5.41, 5.74) is 0. The lowest BCUT2D eigenvalue weighted by Crippen LogP contribution is -2.49. The number of nitrogens with zero attached hydrogens (tertiary/aromatic N) is 2. The maximum Gasteiger partial charge on any atom is 0.325 e. The van der Waals surface area contributed by atoms with E-state index in [1.165, 1.54) is 0 Å². The second-order valence-electron chi connectivity index (χ2n) is 2.12. The molecule has 1 heterocycles. The molecular weight excluding hydrogens is 146 g/mol. The number of amides is 3. The van der Waals surface area contributed by atoms with Gasteiger partial charge in [-0.25, -0.2) is 4.79 Å². The fraction of sp³-hybridized carbons (Fsp3) is 0.500. The Labute approximate surface area is 63.6 Å². The number of carbonyl (C=O) groups is 2. The van der Waals surface area contributed by atoms with Crippen molar-refractivity contribution in [3.63, 3.8) is 0 Å². The van der Waals surface area contributed by atoms with Crippen LogP contribution in [-0.2, 0) is 4.79 Å². The van der Waals surface area contributed by atoms with E-state index in [9.17, 15) is 9.59 Å². The molecule has 1 N–H and O–H groups in total. The number of nitriles is 1. The first-order valence-corrected chi connectivity index (χ1v) is 3.21. The van der Waals surface area contributed by atoms with Crippen LogP contribution in [0.5, 0.6) is 0 Å². The smallest absolute Gasteiger partial charge is 0.325 e. The van der Waals surface area contributed by atoms with Crippen LogP contribution in [0.2, 0.25) is 0 Å². The lowest BCUT2D eigenvalue weighted by molar-refractivity contribution is -0.128. The van der Waals surface area contributed by atoms with Gasteiger partial charge in [0.15, 0.2) is 0 Å². The topological polar surface area (TPSA) is 73.2 Å². The number of carbonyl (C=O) groups excluding carboxylic acids is 2. The molecule has 0 aromatic carbocycles. The highest BCUT2D eigenvalue weighted by molar-refractivity contribution is 5.96. The van der Waals surface area contributed by atoms with Crippen molar-refractivity contribution in [2.75, 3.05) is 13.1 Å². The van der Waals surface area contributed by atoms with Gasteiger partial charge in [-0.2, -0.15) is 5.26 Å². The Morgan fingerprint density at radius 1 is 1.64 bits per heavy atom. The molecule has 58 valence electrons. The molecule has 5 heteroatoms. The van der Waals surface area contributed by atoms with Crippen LogP contribution >= 0.6 is 0 Å². The summed E-state index contributed by atoms with van der Waals surface area (Å²) in [4.78, 5) is 22.7. The molecule has 11 heavy (non-hydrogen) atoms. The van der Waals surface area contributed by atoms with Gasteiger partial charge >= 0.3 is 6.03 Å². The van der Waals surface area contributed by atoms with Crippen LogP contribution in [0.4, 0.5) is 4.79 Å². The molecule has 0 bridgehead atoms. The molecule has 0 aliphatic carbocycles. The Bertz CT molecular complexity index is 214. The quantitative estimate of drug-likeness (QED) is 0.514. The van der Waals surface area contributed by atoms with E-state index in [-0.39, 0.29) is 18.9 Å². The third-order valence-electron chi connectivity index (χ3n) is 1.39. The first-order chi connectivity index (χ1) is 5.25. The van der Waals surface area contributed by atoms with E-state index >= 15 is 0 Å². The summed E-state index contributed by atoms with van der Waals surface area (Å²) in [7, 11) is 0. The minimum atomic E-state index is -0.470. The van der Waals surface area contributed by atoms with Gasteiger partial charge in [0.2, 0.25) is 5.91 Å². The molecule has 1 rings (SSSR count). The van der Waals surface area contributed by atoms with Crippen molar-refractivity contribution < 1.29 is 9.59 Å². The molecule has 0 aromatic heterocycles. The van der Waals surface area contributed by atoms with Crippen molar-refractivity contribution in [3.05, 3.63) is 0 Å². The fourth-order valence-electron chi connectivity index (χ4n) is 0.851. The minimum absolute atomic E-state index is 0.162. The second kappa shape index (κ2) is 3.01. The average Bonchev–Trinajstić information content (AvgIpc) is 1.97. The molecular formula is C6H7N3O2. The number of rotatable bonds is 1. The van der Waals surface area contributed by atoms with Crippen LogP contribution in [0.3, 0.4) is 0 Å². The van der Waals surface area contributed by atoms with Crippen molar-refractivity contribution in [2.24, 2.45) is 0 Å². The third kappa shape index (κ3) is 1.46. The Hall–Kier alpha value is -1.57. The van der Waals surface area contributed by atoms with Crippen molar-refractivity contribution in [1.29, 1.82) is 5.26 Å². The monoisotopic (exact) mass is 153 g/mol. The first kappa shape index (κ1) is 7.54. The molecule has 0 spiro atoms. The molecule has 1 saturated heterocycles. The van der Waals surface area contributed by atoms with E-state index in [1.807, 2.05) is 0 Å². The Balaban J connectivity index is 2.64. The SMILES string of the molecule is N#CCN1C(=O)CCNC1=O.